The number of carbonyl (C=O) groups is 2. The summed E-state index contributed by atoms with van der Waals surface area (Å²) in [6.45, 7) is 11.9. The quantitative estimate of drug-likeness (QED) is 0.430. The van der Waals surface area contributed by atoms with Crippen LogP contribution in [0, 0.1) is 5.92 Å². The molecule has 0 saturated heterocycles. The first-order valence-electron chi connectivity index (χ1n) is 9.89. The van der Waals surface area contributed by atoms with E-state index in [2.05, 4.69) is 5.32 Å². The van der Waals surface area contributed by atoms with Crippen molar-refractivity contribution >= 4 is 11.7 Å². The highest BCUT2D eigenvalue weighted by Crippen LogP contribution is 2.04. The van der Waals surface area contributed by atoms with Crippen molar-refractivity contribution in [1.29, 1.82) is 0 Å². The maximum atomic E-state index is 11.3. The van der Waals surface area contributed by atoms with Crippen LogP contribution in [-0.4, -0.2) is 31.4 Å². The number of unbranched alkanes of at least 4 members (excludes halogenated alkanes) is 6. The Hall–Kier alpha value is -0.900. The number of hydrogen-bond donors (Lipinski definition) is 1. The van der Waals surface area contributed by atoms with Gasteiger partial charge in [-0.1, -0.05) is 53.4 Å². The van der Waals surface area contributed by atoms with Crippen molar-refractivity contribution in [3.8, 4) is 0 Å². The second kappa shape index (κ2) is 20.1. The summed E-state index contributed by atoms with van der Waals surface area (Å²) in [5, 5.41) is 2.94. The molecule has 0 aliphatic heterocycles. The SMILES string of the molecule is CC.CC(=O)CCCCCOCCCCCCCNC(=O)C(C)C. The molecule has 4 nitrogen and oxygen atoms in total. The Bertz CT molecular complexity index is 291. The van der Waals surface area contributed by atoms with Crippen LogP contribution in [0.4, 0.5) is 0 Å². The van der Waals surface area contributed by atoms with E-state index in [0.29, 0.717) is 6.42 Å². The molecule has 0 aromatic heterocycles. The molecule has 0 heterocycles. The second-order valence-corrected chi connectivity index (χ2v) is 6.34. The minimum absolute atomic E-state index is 0.0830. The highest BCUT2D eigenvalue weighted by atomic mass is 16.5. The molecule has 1 amide bonds. The fourth-order valence-electron chi connectivity index (χ4n) is 2.13. The van der Waals surface area contributed by atoms with Gasteiger partial charge in [0.25, 0.3) is 0 Å². The number of ether oxygens (including phenoxy) is 1. The fraction of sp³-hybridized carbons (Fsp3) is 0.900. The van der Waals surface area contributed by atoms with Crippen LogP contribution < -0.4 is 5.32 Å². The minimum atomic E-state index is 0.0830. The summed E-state index contributed by atoms with van der Waals surface area (Å²) in [5.74, 6) is 0.515. The topological polar surface area (TPSA) is 55.4 Å². The average molecular weight is 344 g/mol. The Labute approximate surface area is 150 Å². The van der Waals surface area contributed by atoms with Crippen LogP contribution in [0.15, 0.2) is 0 Å². The van der Waals surface area contributed by atoms with Gasteiger partial charge in [-0.3, -0.25) is 4.79 Å². The lowest BCUT2D eigenvalue weighted by Crippen LogP contribution is -2.28. The van der Waals surface area contributed by atoms with Crippen molar-refractivity contribution in [1.82, 2.24) is 5.32 Å². The van der Waals surface area contributed by atoms with Crippen molar-refractivity contribution in [2.45, 2.75) is 92.4 Å². The first kappa shape index (κ1) is 25.3. The molecule has 0 fully saturated rings. The van der Waals surface area contributed by atoms with Crippen LogP contribution in [0.1, 0.15) is 92.4 Å². The smallest absolute Gasteiger partial charge is 0.222 e. The summed E-state index contributed by atoms with van der Waals surface area (Å²) in [5.41, 5.74) is 0. The lowest BCUT2D eigenvalue weighted by molar-refractivity contribution is -0.124. The van der Waals surface area contributed by atoms with E-state index >= 15 is 0 Å². The Balaban J connectivity index is 0. The third kappa shape index (κ3) is 21.1. The largest absolute Gasteiger partial charge is 0.381 e. The molecular formula is C20H41NO3. The third-order valence-electron chi connectivity index (χ3n) is 3.61. The molecule has 144 valence electrons. The molecule has 0 unspecified atom stereocenters. The average Bonchev–Trinajstić information content (AvgIpc) is 2.56. The van der Waals surface area contributed by atoms with Crippen LogP contribution in [-0.2, 0) is 14.3 Å². The van der Waals surface area contributed by atoms with E-state index in [4.69, 9.17) is 4.74 Å². The normalized spacial score (nSPS) is 10.2. The predicted octanol–water partition coefficient (Wildman–Crippen LogP) is 4.90. The van der Waals surface area contributed by atoms with E-state index in [-0.39, 0.29) is 17.6 Å². The maximum absolute atomic E-state index is 11.3. The Morgan fingerprint density at radius 1 is 0.833 bits per heavy atom. The number of amides is 1. The first-order chi connectivity index (χ1) is 11.5. The van der Waals surface area contributed by atoms with Crippen LogP contribution in [0.3, 0.4) is 0 Å². The maximum Gasteiger partial charge on any atom is 0.222 e. The van der Waals surface area contributed by atoms with Gasteiger partial charge >= 0.3 is 0 Å². The number of ketones is 1. The monoisotopic (exact) mass is 343 g/mol. The van der Waals surface area contributed by atoms with E-state index in [1.54, 1.807) is 6.92 Å². The number of hydrogen-bond acceptors (Lipinski definition) is 3. The van der Waals surface area contributed by atoms with Gasteiger partial charge in [0.05, 0.1) is 0 Å². The highest BCUT2D eigenvalue weighted by Gasteiger charge is 2.04. The van der Waals surface area contributed by atoms with E-state index in [0.717, 1.165) is 51.9 Å². The lowest BCUT2D eigenvalue weighted by atomic mass is 10.1. The molecule has 0 aromatic rings. The zero-order chi connectivity index (χ0) is 18.6. The van der Waals surface area contributed by atoms with E-state index in [1.165, 1.54) is 19.3 Å². The molecule has 1 N–H and O–H groups in total. The molecular weight excluding hydrogens is 302 g/mol. The minimum Gasteiger partial charge on any atom is -0.381 e. The van der Waals surface area contributed by atoms with Gasteiger partial charge in [-0.15, -0.1) is 0 Å². The Kier molecular flexibility index (Phi) is 21.3. The summed E-state index contributed by atoms with van der Waals surface area (Å²) in [6, 6.07) is 0. The molecule has 0 aromatic carbocycles. The van der Waals surface area contributed by atoms with Crippen LogP contribution >= 0.6 is 0 Å². The van der Waals surface area contributed by atoms with Gasteiger partial charge in [0, 0.05) is 32.1 Å². The van der Waals surface area contributed by atoms with Gasteiger partial charge in [0.15, 0.2) is 0 Å². The van der Waals surface area contributed by atoms with E-state index < -0.39 is 0 Å². The summed E-state index contributed by atoms with van der Waals surface area (Å²) in [7, 11) is 0. The third-order valence-corrected chi connectivity index (χ3v) is 3.61. The standard InChI is InChI=1S/C18H35NO3.C2H6/c1-16(2)18(21)19-13-9-5-4-6-10-14-22-15-11-7-8-12-17(3)20;1-2/h16H,4-15H2,1-3H3,(H,19,21);1-2H3. The summed E-state index contributed by atoms with van der Waals surface area (Å²) >= 11 is 0. The van der Waals surface area contributed by atoms with Crippen molar-refractivity contribution in [2.24, 2.45) is 5.92 Å². The van der Waals surface area contributed by atoms with Gasteiger partial charge < -0.3 is 14.8 Å². The molecule has 0 atom stereocenters. The van der Waals surface area contributed by atoms with Crippen molar-refractivity contribution < 1.29 is 14.3 Å². The van der Waals surface area contributed by atoms with Gasteiger partial charge in [0.2, 0.25) is 5.91 Å². The number of Topliss-reactive ketones (excluding diaryl/α,β-unsaturated/α-hetero) is 1. The molecule has 0 aliphatic carbocycles. The number of carbonyl (C=O) groups excluding carboxylic acids is 2. The fourth-order valence-corrected chi connectivity index (χ4v) is 2.13. The predicted molar refractivity (Wildman–Crippen MR) is 102 cm³/mol. The van der Waals surface area contributed by atoms with E-state index in [9.17, 15) is 9.59 Å². The van der Waals surface area contributed by atoms with Crippen molar-refractivity contribution in [3.63, 3.8) is 0 Å². The van der Waals surface area contributed by atoms with E-state index in [1.807, 2.05) is 27.7 Å². The van der Waals surface area contributed by atoms with Crippen LogP contribution in [0.25, 0.3) is 0 Å². The molecule has 0 saturated carbocycles. The van der Waals surface area contributed by atoms with Gasteiger partial charge in [-0.05, 0) is 32.6 Å². The summed E-state index contributed by atoms with van der Waals surface area (Å²) < 4.78 is 5.58. The second-order valence-electron chi connectivity index (χ2n) is 6.34. The lowest BCUT2D eigenvalue weighted by Gasteiger charge is -2.07. The van der Waals surface area contributed by atoms with Crippen molar-refractivity contribution in [3.05, 3.63) is 0 Å². The van der Waals surface area contributed by atoms with Gasteiger partial charge in [0.1, 0.15) is 5.78 Å². The molecule has 0 aliphatic rings. The highest BCUT2D eigenvalue weighted by molar-refractivity contribution is 5.77. The first-order valence-corrected chi connectivity index (χ1v) is 9.89. The molecule has 4 heteroatoms. The molecule has 24 heavy (non-hydrogen) atoms. The molecule has 0 spiro atoms. The number of rotatable bonds is 15. The molecule has 0 radical (unpaired) electrons. The van der Waals surface area contributed by atoms with Crippen LogP contribution in [0.5, 0.6) is 0 Å². The Morgan fingerprint density at radius 2 is 1.33 bits per heavy atom. The Morgan fingerprint density at radius 3 is 1.88 bits per heavy atom. The molecule has 0 rings (SSSR count). The summed E-state index contributed by atoms with van der Waals surface area (Å²) in [4.78, 5) is 22.1. The summed E-state index contributed by atoms with van der Waals surface area (Å²) in [6.07, 6.45) is 9.60. The number of nitrogens with one attached hydrogen (secondary N) is 1. The van der Waals surface area contributed by atoms with Crippen molar-refractivity contribution in [2.75, 3.05) is 19.8 Å². The zero-order valence-corrected chi connectivity index (χ0v) is 16.8. The van der Waals surface area contributed by atoms with Gasteiger partial charge in [-0.25, -0.2) is 0 Å². The molecule has 0 bridgehead atoms. The van der Waals surface area contributed by atoms with Gasteiger partial charge in [-0.2, -0.15) is 0 Å². The van der Waals surface area contributed by atoms with Crippen LogP contribution in [0.2, 0.25) is 0 Å². The zero-order valence-electron chi connectivity index (χ0n) is 16.8.